The van der Waals surface area contributed by atoms with E-state index in [-0.39, 0.29) is 28.4 Å². The van der Waals surface area contributed by atoms with Gasteiger partial charge in [-0.15, -0.1) is 0 Å². The Hall–Kier alpha value is -3.28. The van der Waals surface area contributed by atoms with Crippen LogP contribution in [0.15, 0.2) is 65.6 Å². The molecule has 1 aromatic heterocycles. The van der Waals surface area contributed by atoms with Crippen molar-refractivity contribution in [2.75, 3.05) is 6.54 Å². The zero-order chi connectivity index (χ0) is 27.8. The van der Waals surface area contributed by atoms with E-state index in [1.165, 1.54) is 30.3 Å². The molecule has 200 valence electrons. The number of hydrogen-bond donors (Lipinski definition) is 1. The van der Waals surface area contributed by atoms with Crippen LogP contribution in [0.4, 0.5) is 18.0 Å². The minimum Gasteiger partial charge on any atom is -0.464 e. The van der Waals surface area contributed by atoms with Crippen LogP contribution in [0.5, 0.6) is 0 Å². The summed E-state index contributed by atoms with van der Waals surface area (Å²) in [5, 5.41) is 9.03. The summed E-state index contributed by atoms with van der Waals surface area (Å²) in [6, 6.07) is 14.4. The largest absolute Gasteiger partial charge is 0.464 e. The number of amides is 1. The van der Waals surface area contributed by atoms with E-state index in [2.05, 4.69) is 4.98 Å². The molecule has 4 rings (SSSR count). The van der Waals surface area contributed by atoms with E-state index in [9.17, 15) is 31.5 Å². The van der Waals surface area contributed by atoms with Crippen molar-refractivity contribution in [2.45, 2.75) is 30.8 Å². The number of hydrogen-bond acceptors (Lipinski definition) is 4. The summed E-state index contributed by atoms with van der Waals surface area (Å²) in [6.07, 6.45) is -5.76. The van der Waals surface area contributed by atoms with E-state index in [1.807, 2.05) is 6.92 Å². The van der Waals surface area contributed by atoms with E-state index in [0.29, 0.717) is 33.3 Å². The van der Waals surface area contributed by atoms with Gasteiger partial charge in [-0.05, 0) is 48.4 Å². The molecule has 0 radical (unpaired) electrons. The van der Waals surface area contributed by atoms with Gasteiger partial charge < -0.3 is 5.11 Å². The van der Waals surface area contributed by atoms with Crippen molar-refractivity contribution >= 4 is 50.4 Å². The van der Waals surface area contributed by atoms with Crippen molar-refractivity contribution < 1.29 is 31.5 Å². The average Bonchev–Trinajstić information content (AvgIpc) is 3.20. The fourth-order valence-electron chi connectivity index (χ4n) is 4.02. The molecular formula is C25H20Cl2F3N3O4S. The molecule has 0 fully saturated rings. The molecule has 38 heavy (non-hydrogen) atoms. The molecule has 1 heterocycles. The summed E-state index contributed by atoms with van der Waals surface area (Å²) in [7, 11) is -4.40. The van der Waals surface area contributed by atoms with Crippen molar-refractivity contribution in [3.05, 3.63) is 87.7 Å². The Kier molecular flexibility index (Phi) is 7.64. The third-order valence-electron chi connectivity index (χ3n) is 5.85. The number of halogens is 5. The lowest BCUT2D eigenvalue weighted by molar-refractivity contribution is -0.137. The monoisotopic (exact) mass is 585 g/mol. The lowest BCUT2D eigenvalue weighted by atomic mass is 10.1. The maximum absolute atomic E-state index is 13.3. The minimum atomic E-state index is -4.62. The van der Waals surface area contributed by atoms with Gasteiger partial charge in [-0.2, -0.15) is 13.2 Å². The predicted octanol–water partition coefficient (Wildman–Crippen LogP) is 6.82. The van der Waals surface area contributed by atoms with Crippen LogP contribution < -0.4 is 0 Å². The van der Waals surface area contributed by atoms with Gasteiger partial charge in [0, 0.05) is 18.7 Å². The molecule has 7 nitrogen and oxygen atoms in total. The standard InChI is InChI=1S/C25H20Cl2F3N3O4S/c1-2-23-31-20-13-17(25(28,29)30)19(27)14-21(20)33(23)16-9-7-15(8-10-16)11-12-32(24(34)35)38(36,37)22-6-4-3-5-18(22)26/h3-10,13-14H,2,11-12H2,1H3,(H,34,35). The fourth-order valence-corrected chi connectivity index (χ4v) is 6.06. The molecule has 4 aromatic rings. The maximum Gasteiger partial charge on any atom is 0.421 e. The molecule has 0 aliphatic heterocycles. The van der Waals surface area contributed by atoms with Crippen LogP contribution in [-0.2, 0) is 29.0 Å². The number of sulfonamides is 1. The fraction of sp³-hybridized carbons (Fsp3) is 0.200. The lowest BCUT2D eigenvalue weighted by Gasteiger charge is -2.20. The van der Waals surface area contributed by atoms with Crippen LogP contribution in [0.2, 0.25) is 10.0 Å². The highest BCUT2D eigenvalue weighted by molar-refractivity contribution is 7.89. The molecule has 0 aliphatic rings. The summed E-state index contributed by atoms with van der Waals surface area (Å²) in [5.41, 5.74) is 0.806. The first kappa shape index (κ1) is 27.7. The lowest BCUT2D eigenvalue weighted by Crippen LogP contribution is -2.37. The number of alkyl halides is 3. The van der Waals surface area contributed by atoms with Crippen LogP contribution in [0.25, 0.3) is 16.7 Å². The molecule has 0 atom stereocenters. The van der Waals surface area contributed by atoms with E-state index >= 15 is 0 Å². The molecule has 0 unspecified atom stereocenters. The van der Waals surface area contributed by atoms with E-state index in [0.717, 1.165) is 6.07 Å². The number of aromatic nitrogens is 2. The molecule has 0 bridgehead atoms. The summed E-state index contributed by atoms with van der Waals surface area (Å²) < 4.78 is 67.7. The zero-order valence-corrected chi connectivity index (χ0v) is 22.0. The smallest absolute Gasteiger partial charge is 0.421 e. The van der Waals surface area contributed by atoms with Gasteiger partial charge in [0.05, 0.1) is 26.6 Å². The quantitative estimate of drug-likeness (QED) is 0.257. The van der Waals surface area contributed by atoms with E-state index < -0.39 is 32.9 Å². The Balaban J connectivity index is 1.62. The highest BCUT2D eigenvalue weighted by Crippen LogP contribution is 2.38. The van der Waals surface area contributed by atoms with Crippen LogP contribution in [-0.4, -0.2) is 40.0 Å². The normalized spacial score (nSPS) is 12.2. The first-order chi connectivity index (χ1) is 17.8. The number of rotatable bonds is 7. The van der Waals surface area contributed by atoms with Gasteiger partial charge in [0.25, 0.3) is 10.0 Å². The van der Waals surface area contributed by atoms with E-state index in [1.54, 1.807) is 28.8 Å². The van der Waals surface area contributed by atoms with Gasteiger partial charge in [0.2, 0.25) is 0 Å². The second-order valence-corrected chi connectivity index (χ2v) is 10.9. The summed E-state index contributed by atoms with van der Waals surface area (Å²) in [4.78, 5) is 15.8. The van der Waals surface area contributed by atoms with Crippen LogP contribution >= 0.6 is 23.2 Å². The number of benzene rings is 3. The zero-order valence-electron chi connectivity index (χ0n) is 19.7. The van der Waals surface area contributed by atoms with Gasteiger partial charge in [0.15, 0.2) is 0 Å². The molecule has 13 heteroatoms. The van der Waals surface area contributed by atoms with Gasteiger partial charge in [-0.25, -0.2) is 22.5 Å². The van der Waals surface area contributed by atoms with E-state index in [4.69, 9.17) is 23.2 Å². The predicted molar refractivity (Wildman–Crippen MR) is 138 cm³/mol. The number of aryl methyl sites for hydroxylation is 1. The third kappa shape index (κ3) is 5.31. The number of fused-ring (bicyclic) bond motifs is 1. The van der Waals surface area contributed by atoms with Gasteiger partial charge >= 0.3 is 12.3 Å². The first-order valence-corrected chi connectivity index (χ1v) is 13.4. The van der Waals surface area contributed by atoms with Crippen molar-refractivity contribution in [1.82, 2.24) is 13.9 Å². The second-order valence-electron chi connectivity index (χ2n) is 8.24. The molecule has 1 N–H and O–H groups in total. The molecule has 0 saturated heterocycles. The molecule has 0 aliphatic carbocycles. The molecule has 1 amide bonds. The molecule has 0 saturated carbocycles. The number of carboxylic acid groups (broad SMARTS) is 1. The highest BCUT2D eigenvalue weighted by Gasteiger charge is 2.34. The summed E-state index contributed by atoms with van der Waals surface area (Å²) >= 11 is 11.9. The van der Waals surface area contributed by atoms with Gasteiger partial charge in [0.1, 0.15) is 10.7 Å². The Bertz CT molecular complexity index is 1620. The number of imidazole rings is 1. The second kappa shape index (κ2) is 10.5. The summed E-state index contributed by atoms with van der Waals surface area (Å²) in [6.45, 7) is 1.46. The topological polar surface area (TPSA) is 92.5 Å². The van der Waals surface area contributed by atoms with Crippen LogP contribution in [0, 0.1) is 0 Å². The van der Waals surface area contributed by atoms with Crippen molar-refractivity contribution in [2.24, 2.45) is 0 Å². The van der Waals surface area contributed by atoms with Crippen molar-refractivity contribution in [3.63, 3.8) is 0 Å². The summed E-state index contributed by atoms with van der Waals surface area (Å²) in [5.74, 6) is 0.519. The van der Waals surface area contributed by atoms with Gasteiger partial charge in [-0.3, -0.25) is 4.57 Å². The number of nitrogens with zero attached hydrogens (tertiary/aromatic N) is 3. The SMILES string of the molecule is CCc1nc2cc(C(F)(F)F)c(Cl)cc2n1-c1ccc(CCN(C(=O)O)S(=O)(=O)c2ccccc2Cl)cc1. The van der Waals surface area contributed by atoms with Gasteiger partial charge in [-0.1, -0.05) is 54.4 Å². The van der Waals surface area contributed by atoms with Crippen molar-refractivity contribution in [1.29, 1.82) is 0 Å². The maximum atomic E-state index is 13.3. The Labute approximate surface area is 226 Å². The number of carbonyl (C=O) groups is 1. The van der Waals surface area contributed by atoms with Crippen molar-refractivity contribution in [3.8, 4) is 5.69 Å². The molecular weight excluding hydrogens is 566 g/mol. The first-order valence-electron chi connectivity index (χ1n) is 11.2. The minimum absolute atomic E-state index is 0.0718. The Morgan fingerprint density at radius 1 is 1.05 bits per heavy atom. The Morgan fingerprint density at radius 3 is 2.29 bits per heavy atom. The Morgan fingerprint density at radius 2 is 1.71 bits per heavy atom. The molecule has 3 aromatic carbocycles. The van der Waals surface area contributed by atoms with Crippen LogP contribution in [0.1, 0.15) is 23.9 Å². The molecule has 0 spiro atoms. The average molecular weight is 586 g/mol. The third-order valence-corrected chi connectivity index (χ3v) is 8.44. The highest BCUT2D eigenvalue weighted by atomic mass is 35.5. The van der Waals surface area contributed by atoms with Crippen LogP contribution in [0.3, 0.4) is 0 Å².